The predicted octanol–water partition coefficient (Wildman–Crippen LogP) is 1.77. The minimum absolute atomic E-state index is 0.0123. The van der Waals surface area contributed by atoms with Gasteiger partial charge in [0.1, 0.15) is 17.4 Å². The second-order valence-corrected chi connectivity index (χ2v) is 5.69. The number of methoxy groups -OCH3 is 1. The summed E-state index contributed by atoms with van der Waals surface area (Å²) in [5.74, 6) is 1.01. The van der Waals surface area contributed by atoms with Crippen molar-refractivity contribution in [1.29, 1.82) is 0 Å². The highest BCUT2D eigenvalue weighted by molar-refractivity contribution is 5.96. The summed E-state index contributed by atoms with van der Waals surface area (Å²) in [7, 11) is 1.51. The van der Waals surface area contributed by atoms with Crippen LogP contribution in [0.25, 0.3) is 0 Å². The minimum Gasteiger partial charge on any atom is -0.474 e. The highest BCUT2D eigenvalue weighted by Gasteiger charge is 2.28. The fraction of sp³-hybridized carbons (Fsp3) is 0.500. The van der Waals surface area contributed by atoms with Crippen LogP contribution in [0.15, 0.2) is 16.8 Å². The van der Waals surface area contributed by atoms with Crippen LogP contribution in [0.2, 0.25) is 0 Å². The van der Waals surface area contributed by atoms with Gasteiger partial charge < -0.3 is 18.9 Å². The Morgan fingerprint density at radius 1 is 1.33 bits per heavy atom. The maximum atomic E-state index is 12.6. The Labute approximate surface area is 139 Å². The number of likely N-dealkylation sites (tertiary alicyclic amines) is 1. The highest BCUT2D eigenvalue weighted by Crippen LogP contribution is 2.21. The van der Waals surface area contributed by atoms with Crippen LogP contribution in [0.1, 0.15) is 34.7 Å². The van der Waals surface area contributed by atoms with Gasteiger partial charge in [0.05, 0.1) is 12.8 Å². The molecule has 2 aromatic heterocycles. The number of rotatable bonds is 4. The lowest BCUT2D eigenvalue weighted by Gasteiger charge is -2.31. The summed E-state index contributed by atoms with van der Waals surface area (Å²) in [5.41, 5.74) is 1.19. The van der Waals surface area contributed by atoms with Crippen molar-refractivity contribution >= 4 is 5.91 Å². The molecule has 0 aromatic carbocycles. The van der Waals surface area contributed by atoms with E-state index in [-0.39, 0.29) is 18.0 Å². The van der Waals surface area contributed by atoms with E-state index in [1.54, 1.807) is 26.1 Å². The van der Waals surface area contributed by atoms with Gasteiger partial charge in [-0.25, -0.2) is 4.98 Å². The van der Waals surface area contributed by atoms with Crippen LogP contribution in [-0.2, 0) is 0 Å². The molecule has 0 unspecified atom stereocenters. The Bertz CT molecular complexity index is 703. The van der Waals surface area contributed by atoms with Gasteiger partial charge in [-0.05, 0) is 13.8 Å². The molecule has 0 atom stereocenters. The lowest BCUT2D eigenvalue weighted by molar-refractivity contribution is 0.0584. The van der Waals surface area contributed by atoms with Gasteiger partial charge in [-0.3, -0.25) is 4.79 Å². The summed E-state index contributed by atoms with van der Waals surface area (Å²) in [6, 6.07) is 1.97. The van der Waals surface area contributed by atoms with Crippen LogP contribution < -0.4 is 9.47 Å². The third-order valence-electron chi connectivity index (χ3n) is 4.05. The number of ether oxygens (including phenoxy) is 2. The number of nitrogens with zero attached hydrogens (tertiary/aromatic N) is 4. The molecule has 3 rings (SSSR count). The van der Waals surface area contributed by atoms with Gasteiger partial charge in [0.2, 0.25) is 5.88 Å². The number of aryl methyl sites for hydroxylation is 2. The zero-order chi connectivity index (χ0) is 17.1. The molecular weight excluding hydrogens is 312 g/mol. The number of carbonyl (C=O) groups is 1. The normalized spacial score (nSPS) is 15.4. The topological polar surface area (TPSA) is 90.6 Å². The third kappa shape index (κ3) is 3.32. The Kier molecular flexibility index (Phi) is 4.64. The van der Waals surface area contributed by atoms with Crippen molar-refractivity contribution in [1.82, 2.24) is 20.0 Å². The molecule has 1 saturated heterocycles. The number of aromatic nitrogens is 3. The molecule has 8 heteroatoms. The molecule has 3 heterocycles. The molecule has 0 radical (unpaired) electrons. The molecule has 0 N–H and O–H groups in total. The molecule has 0 saturated carbocycles. The van der Waals surface area contributed by atoms with Crippen molar-refractivity contribution in [2.24, 2.45) is 0 Å². The Morgan fingerprint density at radius 2 is 2.08 bits per heavy atom. The molecule has 1 aliphatic heterocycles. The van der Waals surface area contributed by atoms with Crippen LogP contribution in [0.5, 0.6) is 11.9 Å². The van der Waals surface area contributed by atoms with E-state index in [4.69, 9.17) is 14.0 Å². The quantitative estimate of drug-likeness (QED) is 0.842. The standard InChI is InChI=1S/C16H20N4O4/c1-10-14(11(2)24-19-10)15(21)20-8-5-12(6-9-20)23-13-4-7-17-16(18-13)22-3/h4,7,12H,5-6,8-9H2,1-3H3. The van der Waals surface area contributed by atoms with Crippen LogP contribution >= 0.6 is 0 Å². The van der Waals surface area contributed by atoms with Crippen LogP contribution in [0.3, 0.4) is 0 Å². The maximum absolute atomic E-state index is 12.6. The highest BCUT2D eigenvalue weighted by atomic mass is 16.5. The van der Waals surface area contributed by atoms with Gasteiger partial charge in [0, 0.05) is 38.2 Å². The van der Waals surface area contributed by atoms with Gasteiger partial charge in [-0.15, -0.1) is 0 Å². The minimum atomic E-state index is -0.0339. The summed E-state index contributed by atoms with van der Waals surface area (Å²) in [6.07, 6.45) is 3.08. The maximum Gasteiger partial charge on any atom is 0.319 e. The second-order valence-electron chi connectivity index (χ2n) is 5.69. The summed E-state index contributed by atoms with van der Waals surface area (Å²) >= 11 is 0. The lowest BCUT2D eigenvalue weighted by atomic mass is 10.1. The zero-order valence-corrected chi connectivity index (χ0v) is 14.0. The number of hydrogen-bond acceptors (Lipinski definition) is 7. The fourth-order valence-corrected chi connectivity index (χ4v) is 2.78. The molecule has 0 bridgehead atoms. The van der Waals surface area contributed by atoms with Crippen molar-refractivity contribution in [2.75, 3.05) is 20.2 Å². The first-order valence-electron chi connectivity index (χ1n) is 7.84. The summed E-state index contributed by atoms with van der Waals surface area (Å²) in [4.78, 5) is 22.5. The van der Waals surface area contributed by atoms with E-state index in [0.29, 0.717) is 36.0 Å². The van der Waals surface area contributed by atoms with Gasteiger partial charge in [-0.1, -0.05) is 5.16 Å². The monoisotopic (exact) mass is 332 g/mol. The van der Waals surface area contributed by atoms with E-state index < -0.39 is 0 Å². The molecule has 1 fully saturated rings. The van der Waals surface area contributed by atoms with E-state index in [1.165, 1.54) is 7.11 Å². The lowest BCUT2D eigenvalue weighted by Crippen LogP contribution is -2.42. The molecular formula is C16H20N4O4. The zero-order valence-electron chi connectivity index (χ0n) is 14.0. The molecule has 2 aromatic rings. The van der Waals surface area contributed by atoms with Gasteiger partial charge >= 0.3 is 6.01 Å². The van der Waals surface area contributed by atoms with E-state index in [1.807, 2.05) is 4.90 Å². The first-order valence-corrected chi connectivity index (χ1v) is 7.84. The van der Waals surface area contributed by atoms with Crippen molar-refractivity contribution in [2.45, 2.75) is 32.8 Å². The van der Waals surface area contributed by atoms with Crippen molar-refractivity contribution in [3.05, 3.63) is 29.3 Å². The molecule has 1 amide bonds. The molecule has 24 heavy (non-hydrogen) atoms. The number of amides is 1. The first kappa shape index (κ1) is 16.2. The third-order valence-corrected chi connectivity index (χ3v) is 4.05. The first-order chi connectivity index (χ1) is 11.6. The average molecular weight is 332 g/mol. The summed E-state index contributed by atoms with van der Waals surface area (Å²) < 4.78 is 15.9. The predicted molar refractivity (Wildman–Crippen MR) is 84.1 cm³/mol. The van der Waals surface area contributed by atoms with Gasteiger partial charge in [0.15, 0.2) is 0 Å². The molecule has 128 valence electrons. The number of hydrogen-bond donors (Lipinski definition) is 0. The Hall–Kier alpha value is -2.64. The van der Waals surface area contributed by atoms with Crippen molar-refractivity contribution in [3.63, 3.8) is 0 Å². The second kappa shape index (κ2) is 6.86. The van der Waals surface area contributed by atoms with E-state index >= 15 is 0 Å². The van der Waals surface area contributed by atoms with Crippen LogP contribution in [-0.4, -0.2) is 52.2 Å². The average Bonchev–Trinajstić information content (AvgIpc) is 2.94. The largest absolute Gasteiger partial charge is 0.474 e. The summed E-state index contributed by atoms with van der Waals surface area (Å²) in [6.45, 7) is 4.78. The van der Waals surface area contributed by atoms with Crippen LogP contribution in [0.4, 0.5) is 0 Å². The SMILES string of the molecule is COc1nccc(OC2CCN(C(=O)c3c(C)noc3C)CC2)n1. The van der Waals surface area contributed by atoms with Crippen LogP contribution in [0, 0.1) is 13.8 Å². The Balaban J connectivity index is 1.58. The molecule has 0 spiro atoms. The summed E-state index contributed by atoms with van der Waals surface area (Å²) in [5, 5.41) is 3.85. The number of carbonyl (C=O) groups excluding carboxylic acids is 1. The van der Waals surface area contributed by atoms with Gasteiger partial charge in [-0.2, -0.15) is 4.98 Å². The molecule has 1 aliphatic rings. The smallest absolute Gasteiger partial charge is 0.319 e. The van der Waals surface area contributed by atoms with Crippen molar-refractivity contribution in [3.8, 4) is 11.9 Å². The fourth-order valence-electron chi connectivity index (χ4n) is 2.78. The Morgan fingerprint density at radius 3 is 2.71 bits per heavy atom. The van der Waals surface area contributed by atoms with Gasteiger partial charge in [0.25, 0.3) is 5.91 Å². The molecule has 0 aliphatic carbocycles. The molecule has 8 nitrogen and oxygen atoms in total. The van der Waals surface area contributed by atoms with E-state index in [9.17, 15) is 4.79 Å². The number of piperidine rings is 1. The van der Waals surface area contributed by atoms with E-state index in [0.717, 1.165) is 12.8 Å². The van der Waals surface area contributed by atoms with E-state index in [2.05, 4.69) is 15.1 Å². The van der Waals surface area contributed by atoms with Crippen molar-refractivity contribution < 1.29 is 18.8 Å².